The van der Waals surface area contributed by atoms with Gasteiger partial charge in [-0.05, 0) is 58.9 Å². The minimum atomic E-state index is 0.612. The summed E-state index contributed by atoms with van der Waals surface area (Å²) in [7, 11) is 4.08. The van der Waals surface area contributed by atoms with E-state index in [0.29, 0.717) is 5.92 Å². The molecule has 0 amide bonds. The van der Waals surface area contributed by atoms with E-state index in [1.54, 1.807) is 0 Å². The molecule has 1 unspecified atom stereocenters. The Morgan fingerprint density at radius 2 is 1.74 bits per heavy atom. The molecule has 0 aliphatic carbocycles. The summed E-state index contributed by atoms with van der Waals surface area (Å²) in [6.45, 7) is 11.5. The highest BCUT2D eigenvalue weighted by molar-refractivity contribution is 5.25. The SMILES string of the molecule is CCNCC(C)Cc1c(C)nc(CN(C)C)nc1C. The van der Waals surface area contributed by atoms with Crippen molar-refractivity contribution in [2.75, 3.05) is 27.2 Å². The zero-order valence-electron chi connectivity index (χ0n) is 13.2. The number of hydrogen-bond donors (Lipinski definition) is 1. The van der Waals surface area contributed by atoms with Gasteiger partial charge in [-0.2, -0.15) is 0 Å². The van der Waals surface area contributed by atoms with Gasteiger partial charge in [-0.25, -0.2) is 9.97 Å². The maximum atomic E-state index is 4.63. The van der Waals surface area contributed by atoms with Crippen LogP contribution in [0.25, 0.3) is 0 Å². The van der Waals surface area contributed by atoms with E-state index in [1.165, 1.54) is 5.56 Å². The van der Waals surface area contributed by atoms with Gasteiger partial charge in [0.15, 0.2) is 0 Å². The molecule has 1 aromatic heterocycles. The summed E-state index contributed by atoms with van der Waals surface area (Å²) in [4.78, 5) is 11.4. The molecule has 1 aromatic rings. The van der Waals surface area contributed by atoms with Crippen molar-refractivity contribution in [3.8, 4) is 0 Å². The van der Waals surface area contributed by atoms with Gasteiger partial charge in [0.2, 0.25) is 0 Å². The number of rotatable bonds is 7. The van der Waals surface area contributed by atoms with Crippen molar-refractivity contribution in [2.45, 2.75) is 40.7 Å². The Hall–Kier alpha value is -1.00. The summed E-state index contributed by atoms with van der Waals surface area (Å²) < 4.78 is 0. The normalized spacial score (nSPS) is 13.0. The first-order valence-electron chi connectivity index (χ1n) is 7.12. The Bertz CT molecular complexity index is 378. The van der Waals surface area contributed by atoms with Crippen LogP contribution in [0.4, 0.5) is 0 Å². The number of hydrogen-bond acceptors (Lipinski definition) is 4. The maximum Gasteiger partial charge on any atom is 0.142 e. The Labute approximate surface area is 117 Å². The van der Waals surface area contributed by atoms with Crippen molar-refractivity contribution < 1.29 is 0 Å². The van der Waals surface area contributed by atoms with Crippen molar-refractivity contribution in [1.29, 1.82) is 0 Å². The molecule has 0 spiro atoms. The Kier molecular flexibility index (Phi) is 6.38. The third kappa shape index (κ3) is 5.25. The van der Waals surface area contributed by atoms with Gasteiger partial charge in [0.1, 0.15) is 5.82 Å². The molecule has 1 rings (SSSR count). The maximum absolute atomic E-state index is 4.63. The van der Waals surface area contributed by atoms with Crippen LogP contribution in [0.1, 0.15) is 36.6 Å². The van der Waals surface area contributed by atoms with E-state index in [-0.39, 0.29) is 0 Å². The Balaban J connectivity index is 2.79. The number of nitrogens with zero attached hydrogens (tertiary/aromatic N) is 3. The molecule has 19 heavy (non-hydrogen) atoms. The van der Waals surface area contributed by atoms with Gasteiger partial charge >= 0.3 is 0 Å². The quantitative estimate of drug-likeness (QED) is 0.817. The number of aromatic nitrogens is 2. The van der Waals surface area contributed by atoms with Gasteiger partial charge in [0, 0.05) is 11.4 Å². The van der Waals surface area contributed by atoms with E-state index in [0.717, 1.165) is 43.3 Å². The first-order valence-corrected chi connectivity index (χ1v) is 7.12. The van der Waals surface area contributed by atoms with Crippen LogP contribution in [0.3, 0.4) is 0 Å². The summed E-state index contributed by atoms with van der Waals surface area (Å²) in [5, 5.41) is 3.40. The molecule has 0 aliphatic rings. The lowest BCUT2D eigenvalue weighted by molar-refractivity contribution is 0.389. The summed E-state index contributed by atoms with van der Waals surface area (Å²) in [6.07, 6.45) is 1.05. The molecule has 4 heteroatoms. The highest BCUT2D eigenvalue weighted by Crippen LogP contribution is 2.15. The standard InChI is InChI=1S/C15H28N4/c1-7-16-9-11(2)8-14-12(3)17-15(10-19(5)6)18-13(14)4/h11,16H,7-10H2,1-6H3. The fraction of sp³-hybridized carbons (Fsp3) is 0.733. The molecule has 1 atom stereocenters. The van der Waals surface area contributed by atoms with Gasteiger partial charge < -0.3 is 10.2 Å². The van der Waals surface area contributed by atoms with Crippen LogP contribution < -0.4 is 5.32 Å². The molecule has 0 saturated carbocycles. The van der Waals surface area contributed by atoms with Crippen molar-refractivity contribution in [3.63, 3.8) is 0 Å². The third-order valence-corrected chi connectivity index (χ3v) is 3.22. The van der Waals surface area contributed by atoms with Crippen LogP contribution in [-0.4, -0.2) is 42.1 Å². The molecular weight excluding hydrogens is 236 g/mol. The minimum absolute atomic E-state index is 0.612. The fourth-order valence-corrected chi connectivity index (χ4v) is 2.27. The zero-order chi connectivity index (χ0) is 14.4. The van der Waals surface area contributed by atoms with Crippen LogP contribution in [0.5, 0.6) is 0 Å². The second-order valence-corrected chi connectivity index (χ2v) is 5.64. The first kappa shape index (κ1) is 16.1. The number of nitrogens with one attached hydrogen (secondary N) is 1. The first-order chi connectivity index (χ1) is 8.93. The van der Waals surface area contributed by atoms with Crippen LogP contribution in [-0.2, 0) is 13.0 Å². The molecule has 0 aromatic carbocycles. The molecule has 0 aliphatic heterocycles. The van der Waals surface area contributed by atoms with Crippen molar-refractivity contribution >= 4 is 0 Å². The lowest BCUT2D eigenvalue weighted by atomic mass is 9.98. The number of aryl methyl sites for hydroxylation is 2. The molecule has 0 fully saturated rings. The van der Waals surface area contributed by atoms with Gasteiger partial charge in [-0.3, -0.25) is 0 Å². The van der Waals surface area contributed by atoms with E-state index in [2.05, 4.69) is 47.9 Å². The monoisotopic (exact) mass is 264 g/mol. The van der Waals surface area contributed by atoms with Gasteiger partial charge in [0.25, 0.3) is 0 Å². The molecule has 0 saturated heterocycles. The van der Waals surface area contributed by atoms with Crippen LogP contribution in [0.15, 0.2) is 0 Å². The van der Waals surface area contributed by atoms with Crippen molar-refractivity contribution in [1.82, 2.24) is 20.2 Å². The van der Waals surface area contributed by atoms with Crippen LogP contribution in [0.2, 0.25) is 0 Å². The average Bonchev–Trinajstić information content (AvgIpc) is 2.30. The lowest BCUT2D eigenvalue weighted by Crippen LogP contribution is -2.23. The summed E-state index contributed by atoms with van der Waals surface area (Å²) >= 11 is 0. The van der Waals surface area contributed by atoms with Gasteiger partial charge in [-0.1, -0.05) is 13.8 Å². The zero-order valence-corrected chi connectivity index (χ0v) is 13.2. The molecule has 0 radical (unpaired) electrons. The van der Waals surface area contributed by atoms with Gasteiger partial charge in [0.05, 0.1) is 6.54 Å². The fourth-order valence-electron chi connectivity index (χ4n) is 2.27. The van der Waals surface area contributed by atoms with Gasteiger partial charge in [-0.15, -0.1) is 0 Å². The van der Waals surface area contributed by atoms with E-state index < -0.39 is 0 Å². The summed E-state index contributed by atoms with van der Waals surface area (Å²) in [6, 6.07) is 0. The minimum Gasteiger partial charge on any atom is -0.317 e. The molecular formula is C15H28N4. The molecule has 0 bridgehead atoms. The van der Waals surface area contributed by atoms with Crippen molar-refractivity contribution in [2.24, 2.45) is 5.92 Å². The summed E-state index contributed by atoms with van der Waals surface area (Å²) in [5.74, 6) is 1.53. The van der Waals surface area contributed by atoms with E-state index >= 15 is 0 Å². The van der Waals surface area contributed by atoms with Crippen LogP contribution >= 0.6 is 0 Å². The highest BCUT2D eigenvalue weighted by Gasteiger charge is 2.12. The average molecular weight is 264 g/mol. The Morgan fingerprint density at radius 1 is 1.16 bits per heavy atom. The second-order valence-electron chi connectivity index (χ2n) is 5.64. The van der Waals surface area contributed by atoms with Crippen molar-refractivity contribution in [3.05, 3.63) is 22.8 Å². The molecule has 108 valence electrons. The lowest BCUT2D eigenvalue weighted by Gasteiger charge is -2.17. The highest BCUT2D eigenvalue weighted by atomic mass is 15.1. The topological polar surface area (TPSA) is 41.1 Å². The second kappa shape index (κ2) is 7.56. The Morgan fingerprint density at radius 3 is 2.21 bits per heavy atom. The summed E-state index contributed by atoms with van der Waals surface area (Å²) in [5.41, 5.74) is 3.58. The van der Waals surface area contributed by atoms with Crippen LogP contribution in [0, 0.1) is 19.8 Å². The predicted molar refractivity (Wildman–Crippen MR) is 80.3 cm³/mol. The largest absolute Gasteiger partial charge is 0.317 e. The smallest absolute Gasteiger partial charge is 0.142 e. The molecule has 4 nitrogen and oxygen atoms in total. The predicted octanol–water partition coefficient (Wildman–Crippen LogP) is 1.94. The van der Waals surface area contributed by atoms with E-state index in [9.17, 15) is 0 Å². The molecule has 1 N–H and O–H groups in total. The van der Waals surface area contributed by atoms with E-state index in [4.69, 9.17) is 0 Å². The van der Waals surface area contributed by atoms with E-state index in [1.807, 2.05) is 14.1 Å². The molecule has 1 heterocycles. The third-order valence-electron chi connectivity index (χ3n) is 3.22.